The highest BCUT2D eigenvalue weighted by Gasteiger charge is 2.52. The summed E-state index contributed by atoms with van der Waals surface area (Å²) in [6, 6.07) is 14.5. The van der Waals surface area contributed by atoms with Gasteiger partial charge in [0.1, 0.15) is 11.6 Å². The van der Waals surface area contributed by atoms with Crippen LogP contribution in [0.4, 0.5) is 11.4 Å². The number of fused-ring (bicyclic) bond motifs is 4. The van der Waals surface area contributed by atoms with E-state index in [1.54, 1.807) is 0 Å². The summed E-state index contributed by atoms with van der Waals surface area (Å²) >= 11 is 9.74. The number of nitrogens with zero attached hydrogens (tertiary/aromatic N) is 4. The van der Waals surface area contributed by atoms with Crippen molar-refractivity contribution in [1.82, 2.24) is 14.8 Å². The Morgan fingerprint density at radius 3 is 2.52 bits per heavy atom. The number of hydrogen-bond donors (Lipinski definition) is 0. The van der Waals surface area contributed by atoms with E-state index in [4.69, 9.17) is 11.6 Å². The first kappa shape index (κ1) is 15.4. The lowest BCUT2D eigenvalue weighted by molar-refractivity contribution is 0.635. The molecule has 0 unspecified atom stereocenters. The molecule has 0 radical (unpaired) electrons. The molecular weight excluding hydrogens is 400 g/mol. The van der Waals surface area contributed by atoms with E-state index >= 15 is 0 Å². The number of rotatable bonds is 1. The van der Waals surface area contributed by atoms with E-state index in [-0.39, 0.29) is 5.41 Å². The number of aromatic nitrogens is 3. The van der Waals surface area contributed by atoms with Gasteiger partial charge in [0.05, 0.1) is 11.4 Å². The van der Waals surface area contributed by atoms with Gasteiger partial charge >= 0.3 is 0 Å². The van der Waals surface area contributed by atoms with Gasteiger partial charge in [0.15, 0.2) is 0 Å². The van der Waals surface area contributed by atoms with E-state index in [1.165, 1.54) is 0 Å². The first-order valence-corrected chi connectivity index (χ1v) is 9.50. The van der Waals surface area contributed by atoms with Crippen molar-refractivity contribution < 1.29 is 0 Å². The lowest BCUT2D eigenvalue weighted by atomic mass is 10.1. The van der Waals surface area contributed by atoms with Crippen LogP contribution in [-0.4, -0.2) is 21.3 Å². The molecule has 2 aromatic carbocycles. The van der Waals surface area contributed by atoms with Gasteiger partial charge in [-0.3, -0.25) is 4.57 Å². The summed E-state index contributed by atoms with van der Waals surface area (Å²) in [6.07, 6.45) is 2.29. The Kier molecular flexibility index (Phi) is 3.28. The van der Waals surface area contributed by atoms with Crippen molar-refractivity contribution in [3.8, 4) is 5.69 Å². The second-order valence-corrected chi connectivity index (χ2v) is 8.23. The first-order chi connectivity index (χ1) is 12.1. The van der Waals surface area contributed by atoms with Crippen LogP contribution in [0.15, 0.2) is 46.9 Å². The van der Waals surface area contributed by atoms with Gasteiger partial charge in [0.2, 0.25) is 0 Å². The van der Waals surface area contributed by atoms with E-state index < -0.39 is 0 Å². The maximum absolute atomic E-state index is 6.10. The van der Waals surface area contributed by atoms with Crippen LogP contribution in [0.3, 0.4) is 0 Å². The van der Waals surface area contributed by atoms with Gasteiger partial charge in [-0.2, -0.15) is 0 Å². The fourth-order valence-corrected chi connectivity index (χ4v) is 4.21. The van der Waals surface area contributed by atoms with Gasteiger partial charge in [0.25, 0.3) is 0 Å². The number of halogens is 2. The highest BCUT2D eigenvalue weighted by atomic mass is 79.9. The van der Waals surface area contributed by atoms with E-state index in [1.807, 2.05) is 19.1 Å². The zero-order valence-electron chi connectivity index (χ0n) is 13.7. The maximum atomic E-state index is 6.10. The molecule has 0 amide bonds. The van der Waals surface area contributed by atoms with Crippen molar-refractivity contribution in [2.24, 2.45) is 0 Å². The van der Waals surface area contributed by atoms with Gasteiger partial charge < -0.3 is 4.90 Å². The highest BCUT2D eigenvalue weighted by molar-refractivity contribution is 9.10. The Balaban J connectivity index is 1.78. The molecule has 0 atom stereocenters. The third-order valence-corrected chi connectivity index (χ3v) is 5.97. The Morgan fingerprint density at radius 1 is 1.04 bits per heavy atom. The minimum atomic E-state index is 0.0758. The predicted molar refractivity (Wildman–Crippen MR) is 103 cm³/mol. The van der Waals surface area contributed by atoms with Crippen molar-refractivity contribution in [3.63, 3.8) is 0 Å². The largest absolute Gasteiger partial charge is 0.339 e. The molecule has 2 aliphatic rings. The smallest absolute Gasteiger partial charge is 0.145 e. The third kappa shape index (κ3) is 2.33. The molecule has 4 nitrogen and oxygen atoms in total. The van der Waals surface area contributed by atoms with E-state index in [2.05, 4.69) is 65.9 Å². The predicted octanol–water partition coefficient (Wildman–Crippen LogP) is 5.17. The van der Waals surface area contributed by atoms with Crippen LogP contribution >= 0.6 is 27.5 Å². The molecule has 6 heteroatoms. The van der Waals surface area contributed by atoms with Crippen molar-refractivity contribution in [1.29, 1.82) is 0 Å². The summed E-state index contributed by atoms with van der Waals surface area (Å²) in [7, 11) is 0. The summed E-state index contributed by atoms with van der Waals surface area (Å²) in [5.74, 6) is 2.02. The van der Waals surface area contributed by atoms with Crippen LogP contribution in [0.25, 0.3) is 5.69 Å². The van der Waals surface area contributed by atoms with Crippen LogP contribution in [0, 0.1) is 6.92 Å². The molecule has 1 saturated carbocycles. The van der Waals surface area contributed by atoms with Gasteiger partial charge in [-0.15, -0.1) is 10.2 Å². The lowest BCUT2D eigenvalue weighted by Gasteiger charge is -2.27. The summed E-state index contributed by atoms with van der Waals surface area (Å²) < 4.78 is 3.29. The normalized spacial score (nSPS) is 17.2. The summed E-state index contributed by atoms with van der Waals surface area (Å²) in [4.78, 5) is 2.39. The fourth-order valence-electron chi connectivity index (χ4n) is 3.74. The molecule has 1 aliphatic carbocycles. The second kappa shape index (κ2) is 5.32. The minimum absolute atomic E-state index is 0.0758. The van der Waals surface area contributed by atoms with Crippen molar-refractivity contribution in [3.05, 3.63) is 63.6 Å². The number of anilines is 2. The summed E-state index contributed by atoms with van der Waals surface area (Å²) in [6.45, 7) is 2.92. The van der Waals surface area contributed by atoms with Crippen LogP contribution in [-0.2, 0) is 5.41 Å². The third-order valence-electron chi connectivity index (χ3n) is 5.22. The molecule has 1 spiro atoms. The first-order valence-electron chi connectivity index (χ1n) is 8.33. The molecule has 0 saturated heterocycles. The number of benzene rings is 2. The standard InChI is InChI=1S/C19H16BrClN4/c1-12-22-23-18-19(8-9-19)11-24(15-5-3-14(21)4-6-15)17-10-13(20)2-7-16(17)25(12)18/h2-7,10H,8-9,11H2,1H3. The second-order valence-electron chi connectivity index (χ2n) is 6.88. The van der Waals surface area contributed by atoms with E-state index in [9.17, 15) is 0 Å². The molecular formula is C19H16BrClN4. The van der Waals surface area contributed by atoms with E-state index in [0.29, 0.717) is 0 Å². The van der Waals surface area contributed by atoms with E-state index in [0.717, 1.165) is 57.6 Å². The summed E-state index contributed by atoms with van der Waals surface area (Å²) in [5, 5.41) is 9.67. The van der Waals surface area contributed by atoms with Crippen LogP contribution in [0.5, 0.6) is 0 Å². The topological polar surface area (TPSA) is 34.0 Å². The SMILES string of the molecule is Cc1nnc2n1-c1ccc(Br)cc1N(c1ccc(Cl)cc1)CC21CC1. The number of aryl methyl sites for hydroxylation is 1. The molecule has 25 heavy (non-hydrogen) atoms. The summed E-state index contributed by atoms with van der Waals surface area (Å²) in [5.41, 5.74) is 3.50. The monoisotopic (exact) mass is 414 g/mol. The average Bonchev–Trinajstić information content (AvgIpc) is 3.30. The van der Waals surface area contributed by atoms with Gasteiger partial charge in [-0.05, 0) is 62.2 Å². The van der Waals surface area contributed by atoms with Crippen molar-refractivity contribution in [2.75, 3.05) is 11.4 Å². The molecule has 1 fully saturated rings. The van der Waals surface area contributed by atoms with Crippen LogP contribution in [0.1, 0.15) is 24.5 Å². The fraction of sp³-hybridized carbons (Fsp3) is 0.263. The molecule has 1 aromatic heterocycles. The molecule has 0 N–H and O–H groups in total. The number of hydrogen-bond acceptors (Lipinski definition) is 3. The Hall–Kier alpha value is -1.85. The molecule has 5 rings (SSSR count). The quantitative estimate of drug-likeness (QED) is 0.549. The Bertz CT molecular complexity index is 976. The van der Waals surface area contributed by atoms with Crippen LogP contribution in [0.2, 0.25) is 5.02 Å². The highest BCUT2D eigenvalue weighted by Crippen LogP contribution is 2.53. The van der Waals surface area contributed by atoms with Crippen LogP contribution < -0.4 is 4.90 Å². The van der Waals surface area contributed by atoms with Gasteiger partial charge in [-0.1, -0.05) is 27.5 Å². The maximum Gasteiger partial charge on any atom is 0.145 e. The minimum Gasteiger partial charge on any atom is -0.339 e. The van der Waals surface area contributed by atoms with Gasteiger partial charge in [0, 0.05) is 27.1 Å². The lowest BCUT2D eigenvalue weighted by Crippen LogP contribution is -2.28. The Labute approximate surface area is 159 Å². The molecule has 3 aromatic rings. The Morgan fingerprint density at radius 2 is 1.80 bits per heavy atom. The molecule has 126 valence electrons. The van der Waals surface area contributed by atoms with Crippen molar-refractivity contribution >= 4 is 38.9 Å². The van der Waals surface area contributed by atoms with Crippen molar-refractivity contribution in [2.45, 2.75) is 25.2 Å². The molecule has 0 bridgehead atoms. The van der Waals surface area contributed by atoms with Gasteiger partial charge in [-0.25, -0.2) is 0 Å². The molecule has 2 heterocycles. The zero-order chi connectivity index (χ0) is 17.2. The molecule has 1 aliphatic heterocycles. The average molecular weight is 416 g/mol. The zero-order valence-corrected chi connectivity index (χ0v) is 16.0.